The zero-order valence-electron chi connectivity index (χ0n) is 10.3. The molecule has 0 aliphatic rings. The van der Waals surface area contributed by atoms with Crippen LogP contribution in [-0.2, 0) is 22.7 Å². The Hall–Kier alpha value is -2.57. The van der Waals surface area contributed by atoms with Gasteiger partial charge in [-0.1, -0.05) is 5.21 Å². The summed E-state index contributed by atoms with van der Waals surface area (Å²) < 4.78 is 6.27. The third-order valence-electron chi connectivity index (χ3n) is 2.40. The number of aromatic nitrogens is 3. The standard InChI is InChI=1S/C12H13N3O4/c1-8(16)19-7-10-6-15(14-13-10)5-9-4-11(17)2-3-12(9)18/h2-4,6,17-18H,5,7H2,1H3. The van der Waals surface area contributed by atoms with E-state index in [2.05, 4.69) is 10.3 Å². The van der Waals surface area contributed by atoms with E-state index in [0.29, 0.717) is 11.3 Å². The van der Waals surface area contributed by atoms with Crippen LogP contribution in [0, 0.1) is 0 Å². The molecule has 0 amide bonds. The minimum absolute atomic E-state index is 0.0569. The van der Waals surface area contributed by atoms with Gasteiger partial charge in [0.25, 0.3) is 0 Å². The zero-order chi connectivity index (χ0) is 13.8. The van der Waals surface area contributed by atoms with E-state index in [0.717, 1.165) is 0 Å². The molecule has 0 atom stereocenters. The molecule has 0 spiro atoms. The molecule has 2 N–H and O–H groups in total. The fourth-order valence-corrected chi connectivity index (χ4v) is 1.53. The SMILES string of the molecule is CC(=O)OCc1cn(Cc2cc(O)ccc2O)nn1. The molecule has 0 unspecified atom stereocenters. The van der Waals surface area contributed by atoms with Gasteiger partial charge in [0.05, 0.1) is 12.7 Å². The van der Waals surface area contributed by atoms with E-state index in [1.807, 2.05) is 0 Å². The monoisotopic (exact) mass is 263 g/mol. The van der Waals surface area contributed by atoms with Gasteiger partial charge in [0.2, 0.25) is 0 Å². The van der Waals surface area contributed by atoms with E-state index >= 15 is 0 Å². The first-order valence-corrected chi connectivity index (χ1v) is 5.58. The number of hydrogen-bond acceptors (Lipinski definition) is 6. The quantitative estimate of drug-likeness (QED) is 0.625. The van der Waals surface area contributed by atoms with Crippen molar-refractivity contribution in [3.63, 3.8) is 0 Å². The average molecular weight is 263 g/mol. The highest BCUT2D eigenvalue weighted by atomic mass is 16.5. The zero-order valence-corrected chi connectivity index (χ0v) is 10.3. The van der Waals surface area contributed by atoms with E-state index in [1.54, 1.807) is 6.20 Å². The number of carbonyl (C=O) groups is 1. The van der Waals surface area contributed by atoms with Gasteiger partial charge < -0.3 is 14.9 Å². The third kappa shape index (κ3) is 3.44. The smallest absolute Gasteiger partial charge is 0.303 e. The molecule has 0 aliphatic heterocycles. The second kappa shape index (κ2) is 5.38. The Morgan fingerprint density at radius 2 is 2.21 bits per heavy atom. The Balaban J connectivity index is 2.07. The van der Waals surface area contributed by atoms with Gasteiger partial charge in [-0.2, -0.15) is 0 Å². The summed E-state index contributed by atoms with van der Waals surface area (Å²) in [5.74, 6) is -0.261. The Morgan fingerprint density at radius 1 is 1.42 bits per heavy atom. The van der Waals surface area contributed by atoms with Crippen molar-refractivity contribution in [2.24, 2.45) is 0 Å². The van der Waals surface area contributed by atoms with Crippen LogP contribution in [0.2, 0.25) is 0 Å². The fraction of sp³-hybridized carbons (Fsp3) is 0.250. The van der Waals surface area contributed by atoms with Crippen LogP contribution < -0.4 is 0 Å². The number of esters is 1. The predicted molar refractivity (Wildman–Crippen MR) is 64.4 cm³/mol. The molecule has 0 radical (unpaired) electrons. The van der Waals surface area contributed by atoms with Crippen molar-refractivity contribution in [2.45, 2.75) is 20.1 Å². The number of ether oxygens (including phenoxy) is 1. The molecular formula is C12H13N3O4. The molecule has 0 bridgehead atoms. The molecule has 1 aromatic carbocycles. The Kier molecular flexibility index (Phi) is 3.65. The molecule has 0 saturated carbocycles. The number of phenols is 2. The lowest BCUT2D eigenvalue weighted by molar-refractivity contribution is -0.142. The number of rotatable bonds is 4. The van der Waals surface area contributed by atoms with Crippen molar-refractivity contribution in [3.05, 3.63) is 35.7 Å². The van der Waals surface area contributed by atoms with Gasteiger partial charge in [0.15, 0.2) is 0 Å². The highest BCUT2D eigenvalue weighted by Crippen LogP contribution is 2.22. The van der Waals surface area contributed by atoms with Crippen molar-refractivity contribution in [3.8, 4) is 11.5 Å². The number of phenolic OH excluding ortho intramolecular Hbond substituents is 2. The topological polar surface area (TPSA) is 97.5 Å². The summed E-state index contributed by atoms with van der Waals surface area (Å²) in [6.45, 7) is 1.63. The third-order valence-corrected chi connectivity index (χ3v) is 2.40. The van der Waals surface area contributed by atoms with Gasteiger partial charge in [-0.3, -0.25) is 4.79 Å². The van der Waals surface area contributed by atoms with E-state index in [1.165, 1.54) is 29.8 Å². The molecule has 1 aromatic heterocycles. The molecule has 19 heavy (non-hydrogen) atoms. The van der Waals surface area contributed by atoms with Crippen LogP contribution in [0.3, 0.4) is 0 Å². The molecular weight excluding hydrogens is 250 g/mol. The first-order valence-electron chi connectivity index (χ1n) is 5.58. The van der Waals surface area contributed by atoms with Crippen molar-refractivity contribution in [1.29, 1.82) is 0 Å². The summed E-state index contributed by atoms with van der Waals surface area (Å²) in [6, 6.07) is 4.25. The number of nitrogens with zero attached hydrogens (tertiary/aromatic N) is 3. The van der Waals surface area contributed by atoms with Gasteiger partial charge in [-0.05, 0) is 18.2 Å². The van der Waals surface area contributed by atoms with Gasteiger partial charge in [-0.25, -0.2) is 4.68 Å². The number of hydrogen-bond donors (Lipinski definition) is 2. The van der Waals surface area contributed by atoms with Crippen molar-refractivity contribution in [1.82, 2.24) is 15.0 Å². The summed E-state index contributed by atoms with van der Waals surface area (Å²) in [5.41, 5.74) is 1.03. The van der Waals surface area contributed by atoms with Gasteiger partial charge in [0, 0.05) is 12.5 Å². The van der Waals surface area contributed by atoms with Crippen LogP contribution in [0.5, 0.6) is 11.5 Å². The molecule has 7 nitrogen and oxygen atoms in total. The van der Waals surface area contributed by atoms with Gasteiger partial charge in [0.1, 0.15) is 23.8 Å². The molecule has 1 heterocycles. The van der Waals surface area contributed by atoms with Crippen LogP contribution in [0.15, 0.2) is 24.4 Å². The maximum Gasteiger partial charge on any atom is 0.303 e. The molecule has 7 heteroatoms. The fourth-order valence-electron chi connectivity index (χ4n) is 1.53. The molecule has 0 aliphatic carbocycles. The highest BCUT2D eigenvalue weighted by Gasteiger charge is 2.07. The first-order chi connectivity index (χ1) is 9.04. The summed E-state index contributed by atoms with van der Waals surface area (Å²) in [7, 11) is 0. The maximum atomic E-state index is 10.7. The molecule has 100 valence electrons. The maximum absolute atomic E-state index is 10.7. The molecule has 0 saturated heterocycles. The van der Waals surface area contributed by atoms with Gasteiger partial charge in [-0.15, -0.1) is 5.10 Å². The van der Waals surface area contributed by atoms with Crippen LogP contribution in [0.4, 0.5) is 0 Å². The lowest BCUT2D eigenvalue weighted by Gasteiger charge is -2.04. The van der Waals surface area contributed by atoms with Crippen molar-refractivity contribution >= 4 is 5.97 Å². The average Bonchev–Trinajstić information content (AvgIpc) is 2.79. The van der Waals surface area contributed by atoms with Crippen LogP contribution in [0.25, 0.3) is 0 Å². The van der Waals surface area contributed by atoms with Gasteiger partial charge >= 0.3 is 5.97 Å². The van der Waals surface area contributed by atoms with Crippen LogP contribution >= 0.6 is 0 Å². The number of carbonyl (C=O) groups excluding carboxylic acids is 1. The predicted octanol–water partition coefficient (Wildman–Crippen LogP) is 0.801. The number of aromatic hydroxyl groups is 2. The van der Waals surface area contributed by atoms with Crippen molar-refractivity contribution in [2.75, 3.05) is 0 Å². The molecule has 2 aromatic rings. The van der Waals surface area contributed by atoms with E-state index < -0.39 is 0 Å². The highest BCUT2D eigenvalue weighted by molar-refractivity contribution is 5.65. The number of benzene rings is 1. The Labute approximate surface area is 109 Å². The first kappa shape index (κ1) is 12.9. The Morgan fingerprint density at radius 3 is 2.95 bits per heavy atom. The lowest BCUT2D eigenvalue weighted by atomic mass is 10.2. The minimum Gasteiger partial charge on any atom is -0.508 e. The minimum atomic E-state index is -0.389. The second-order valence-corrected chi connectivity index (χ2v) is 4.00. The molecule has 0 fully saturated rings. The Bertz CT molecular complexity index is 594. The summed E-state index contributed by atoms with van der Waals surface area (Å²) in [4.78, 5) is 10.7. The normalized spacial score (nSPS) is 10.4. The van der Waals surface area contributed by atoms with Crippen molar-refractivity contribution < 1.29 is 19.7 Å². The van der Waals surface area contributed by atoms with Crippen LogP contribution in [0.1, 0.15) is 18.2 Å². The summed E-state index contributed by atoms with van der Waals surface area (Å²) in [6.07, 6.45) is 1.60. The van der Waals surface area contributed by atoms with E-state index in [9.17, 15) is 15.0 Å². The molecule has 2 rings (SSSR count). The summed E-state index contributed by atoms with van der Waals surface area (Å²) >= 11 is 0. The van der Waals surface area contributed by atoms with E-state index in [-0.39, 0.29) is 30.6 Å². The van der Waals surface area contributed by atoms with Crippen LogP contribution in [-0.4, -0.2) is 31.2 Å². The lowest BCUT2D eigenvalue weighted by Crippen LogP contribution is -2.01. The second-order valence-electron chi connectivity index (χ2n) is 4.00. The van der Waals surface area contributed by atoms with E-state index in [4.69, 9.17) is 4.74 Å². The summed E-state index contributed by atoms with van der Waals surface area (Å²) in [5, 5.41) is 26.7. The largest absolute Gasteiger partial charge is 0.508 e.